The number of rotatable bonds is 2. The summed E-state index contributed by atoms with van der Waals surface area (Å²) in [5.74, 6) is 0.874. The molecule has 1 aliphatic rings. The average molecular weight is 206 g/mol. The summed E-state index contributed by atoms with van der Waals surface area (Å²) in [6, 6.07) is 2.57. The van der Waals surface area contributed by atoms with Crippen molar-refractivity contribution in [3.63, 3.8) is 0 Å². The van der Waals surface area contributed by atoms with Crippen LogP contribution in [0, 0.1) is 6.92 Å². The van der Waals surface area contributed by atoms with Crippen LogP contribution in [0.5, 0.6) is 0 Å². The predicted molar refractivity (Wildman–Crippen MR) is 61.1 cm³/mol. The molecule has 1 aromatic heterocycles. The summed E-state index contributed by atoms with van der Waals surface area (Å²) in [6.45, 7) is 4.10. The molecule has 4 heteroatoms. The van der Waals surface area contributed by atoms with Crippen molar-refractivity contribution in [3.8, 4) is 0 Å². The van der Waals surface area contributed by atoms with E-state index in [-0.39, 0.29) is 0 Å². The Balaban J connectivity index is 2.08. The van der Waals surface area contributed by atoms with Gasteiger partial charge < -0.3 is 9.80 Å². The molecule has 1 atom stereocenters. The largest absolute Gasteiger partial charge is 0.339 e. The maximum atomic E-state index is 4.45. The van der Waals surface area contributed by atoms with Gasteiger partial charge in [0.25, 0.3) is 0 Å². The van der Waals surface area contributed by atoms with Crippen molar-refractivity contribution in [2.45, 2.75) is 19.4 Å². The Morgan fingerprint density at radius 3 is 2.87 bits per heavy atom. The van der Waals surface area contributed by atoms with Gasteiger partial charge in [-0.2, -0.15) is 0 Å². The molecule has 1 aliphatic heterocycles. The molecule has 2 heterocycles. The van der Waals surface area contributed by atoms with Gasteiger partial charge in [-0.3, -0.25) is 0 Å². The highest BCUT2D eigenvalue weighted by atomic mass is 15.3. The van der Waals surface area contributed by atoms with Crippen molar-refractivity contribution in [1.82, 2.24) is 14.9 Å². The Bertz CT molecular complexity index is 337. The minimum absolute atomic E-state index is 0.633. The van der Waals surface area contributed by atoms with Crippen LogP contribution in [0.3, 0.4) is 0 Å². The van der Waals surface area contributed by atoms with Crippen LogP contribution < -0.4 is 4.90 Å². The molecule has 1 saturated heterocycles. The Hall–Kier alpha value is -1.16. The highest BCUT2D eigenvalue weighted by molar-refractivity contribution is 5.32. The Morgan fingerprint density at radius 1 is 1.47 bits per heavy atom. The van der Waals surface area contributed by atoms with Crippen LogP contribution in [0.4, 0.5) is 5.95 Å². The SMILES string of the molecule is Cc1ccnc(N2CCC(N(C)C)C2)n1. The van der Waals surface area contributed by atoms with Crippen molar-refractivity contribution in [1.29, 1.82) is 0 Å². The molecule has 0 saturated carbocycles. The minimum Gasteiger partial charge on any atom is -0.339 e. The lowest BCUT2D eigenvalue weighted by atomic mass is 10.2. The van der Waals surface area contributed by atoms with Gasteiger partial charge >= 0.3 is 0 Å². The van der Waals surface area contributed by atoms with E-state index >= 15 is 0 Å². The normalized spacial score (nSPS) is 21.3. The number of hydrogen-bond donors (Lipinski definition) is 0. The molecule has 15 heavy (non-hydrogen) atoms. The zero-order valence-electron chi connectivity index (χ0n) is 9.64. The van der Waals surface area contributed by atoms with Gasteiger partial charge in [-0.15, -0.1) is 0 Å². The fraction of sp³-hybridized carbons (Fsp3) is 0.636. The lowest BCUT2D eigenvalue weighted by Gasteiger charge is -2.20. The van der Waals surface area contributed by atoms with E-state index in [9.17, 15) is 0 Å². The first kappa shape index (κ1) is 10.4. The van der Waals surface area contributed by atoms with Gasteiger partial charge in [-0.25, -0.2) is 9.97 Å². The first-order chi connectivity index (χ1) is 7.16. The summed E-state index contributed by atoms with van der Waals surface area (Å²) in [5.41, 5.74) is 1.04. The third-order valence-electron chi connectivity index (χ3n) is 2.96. The molecule has 82 valence electrons. The van der Waals surface area contributed by atoms with Gasteiger partial charge in [0.15, 0.2) is 0 Å². The number of likely N-dealkylation sites (N-methyl/N-ethyl adjacent to an activating group) is 1. The summed E-state index contributed by atoms with van der Waals surface area (Å²) >= 11 is 0. The minimum atomic E-state index is 0.633. The molecule has 1 unspecified atom stereocenters. The molecular weight excluding hydrogens is 188 g/mol. The monoisotopic (exact) mass is 206 g/mol. The van der Waals surface area contributed by atoms with E-state index < -0.39 is 0 Å². The van der Waals surface area contributed by atoms with Gasteiger partial charge in [0.1, 0.15) is 0 Å². The van der Waals surface area contributed by atoms with Crippen molar-refractivity contribution in [2.75, 3.05) is 32.1 Å². The first-order valence-electron chi connectivity index (χ1n) is 5.38. The highest BCUT2D eigenvalue weighted by Crippen LogP contribution is 2.18. The number of anilines is 1. The maximum Gasteiger partial charge on any atom is 0.225 e. The van der Waals surface area contributed by atoms with Crippen molar-refractivity contribution in [2.24, 2.45) is 0 Å². The molecule has 0 amide bonds. The summed E-state index contributed by atoms with van der Waals surface area (Å²) in [6.07, 6.45) is 3.03. The fourth-order valence-electron chi connectivity index (χ4n) is 1.93. The first-order valence-corrected chi connectivity index (χ1v) is 5.38. The Morgan fingerprint density at radius 2 is 2.27 bits per heavy atom. The molecule has 0 aromatic carbocycles. The van der Waals surface area contributed by atoms with Gasteiger partial charge in [0, 0.05) is 31.0 Å². The zero-order valence-corrected chi connectivity index (χ0v) is 9.64. The van der Waals surface area contributed by atoms with Crippen LogP contribution in [0.25, 0.3) is 0 Å². The molecule has 0 bridgehead atoms. The zero-order chi connectivity index (χ0) is 10.8. The van der Waals surface area contributed by atoms with Crippen molar-refractivity contribution >= 4 is 5.95 Å². The smallest absolute Gasteiger partial charge is 0.225 e. The summed E-state index contributed by atoms with van der Waals surface area (Å²) < 4.78 is 0. The van der Waals surface area contributed by atoms with E-state index in [1.54, 1.807) is 0 Å². The van der Waals surface area contributed by atoms with Crippen molar-refractivity contribution < 1.29 is 0 Å². The number of nitrogens with zero attached hydrogens (tertiary/aromatic N) is 4. The summed E-state index contributed by atoms with van der Waals surface area (Å²) in [7, 11) is 4.26. The molecule has 1 aromatic rings. The fourth-order valence-corrected chi connectivity index (χ4v) is 1.93. The predicted octanol–water partition coefficient (Wildman–Crippen LogP) is 0.925. The van der Waals surface area contributed by atoms with Crippen LogP contribution in [-0.2, 0) is 0 Å². The molecular formula is C11H18N4. The van der Waals surface area contributed by atoms with E-state index in [1.165, 1.54) is 6.42 Å². The molecule has 1 fully saturated rings. The molecule has 0 spiro atoms. The quantitative estimate of drug-likeness (QED) is 0.720. The number of aromatic nitrogens is 2. The van der Waals surface area contributed by atoms with Crippen LogP contribution in [-0.4, -0.2) is 48.1 Å². The number of aryl methyl sites for hydroxylation is 1. The molecule has 0 aliphatic carbocycles. The summed E-state index contributed by atoms with van der Waals surface area (Å²) in [4.78, 5) is 13.3. The highest BCUT2D eigenvalue weighted by Gasteiger charge is 2.25. The van der Waals surface area contributed by atoms with E-state index in [0.717, 1.165) is 24.7 Å². The van der Waals surface area contributed by atoms with E-state index in [4.69, 9.17) is 0 Å². The molecule has 4 nitrogen and oxygen atoms in total. The molecule has 0 radical (unpaired) electrons. The van der Waals surface area contributed by atoms with E-state index in [1.807, 2.05) is 19.2 Å². The van der Waals surface area contributed by atoms with E-state index in [2.05, 4.69) is 33.9 Å². The Labute approximate surface area is 90.9 Å². The van der Waals surface area contributed by atoms with Gasteiger partial charge in [0.05, 0.1) is 0 Å². The lowest BCUT2D eigenvalue weighted by Crippen LogP contribution is -2.32. The van der Waals surface area contributed by atoms with Crippen LogP contribution in [0.15, 0.2) is 12.3 Å². The van der Waals surface area contributed by atoms with Gasteiger partial charge in [0.2, 0.25) is 5.95 Å². The maximum absolute atomic E-state index is 4.45. The average Bonchev–Trinajstić information content (AvgIpc) is 2.66. The number of hydrogen-bond acceptors (Lipinski definition) is 4. The van der Waals surface area contributed by atoms with Gasteiger partial charge in [-0.1, -0.05) is 0 Å². The van der Waals surface area contributed by atoms with E-state index in [0.29, 0.717) is 6.04 Å². The van der Waals surface area contributed by atoms with Gasteiger partial charge in [-0.05, 0) is 33.5 Å². The second-order valence-electron chi connectivity index (χ2n) is 4.35. The second-order valence-corrected chi connectivity index (χ2v) is 4.35. The molecule has 2 rings (SSSR count). The lowest BCUT2D eigenvalue weighted by molar-refractivity contribution is 0.315. The van der Waals surface area contributed by atoms with Crippen LogP contribution in [0.1, 0.15) is 12.1 Å². The van der Waals surface area contributed by atoms with Crippen LogP contribution >= 0.6 is 0 Å². The topological polar surface area (TPSA) is 32.3 Å². The standard InChI is InChI=1S/C11H18N4/c1-9-4-6-12-11(13-9)15-7-5-10(8-15)14(2)3/h4,6,10H,5,7-8H2,1-3H3. The van der Waals surface area contributed by atoms with Crippen LogP contribution in [0.2, 0.25) is 0 Å². The van der Waals surface area contributed by atoms with Crippen molar-refractivity contribution in [3.05, 3.63) is 18.0 Å². The Kier molecular flexibility index (Phi) is 2.86. The third kappa shape index (κ3) is 2.26. The second kappa shape index (κ2) is 4.14. The third-order valence-corrected chi connectivity index (χ3v) is 2.96. The summed E-state index contributed by atoms with van der Waals surface area (Å²) in [5, 5.41) is 0. The molecule has 0 N–H and O–H groups in total.